The zero-order valence-electron chi connectivity index (χ0n) is 27.0. The van der Waals surface area contributed by atoms with Gasteiger partial charge in [-0.15, -0.1) is 0 Å². The van der Waals surface area contributed by atoms with E-state index in [4.69, 9.17) is 4.74 Å². The summed E-state index contributed by atoms with van der Waals surface area (Å²) in [5, 5.41) is 0. The summed E-state index contributed by atoms with van der Waals surface area (Å²) in [6.07, 6.45) is 14.5. The molecule has 0 radical (unpaired) electrons. The van der Waals surface area contributed by atoms with Gasteiger partial charge in [0, 0.05) is 0 Å². The van der Waals surface area contributed by atoms with E-state index in [2.05, 4.69) is 102 Å². The summed E-state index contributed by atoms with van der Waals surface area (Å²) in [7, 11) is 0. The van der Waals surface area contributed by atoms with Crippen molar-refractivity contribution in [1.29, 1.82) is 0 Å². The molecular formula is C40H56O. The first kappa shape index (κ1) is 31.4. The molecule has 1 saturated carbocycles. The van der Waals surface area contributed by atoms with Gasteiger partial charge in [0.25, 0.3) is 0 Å². The van der Waals surface area contributed by atoms with E-state index >= 15 is 0 Å². The zero-order valence-corrected chi connectivity index (χ0v) is 27.0. The summed E-state index contributed by atoms with van der Waals surface area (Å²) < 4.78 is 6.46. The topological polar surface area (TPSA) is 9.23 Å². The van der Waals surface area contributed by atoms with E-state index in [1.807, 2.05) is 0 Å². The molecule has 0 aliphatic heterocycles. The van der Waals surface area contributed by atoms with Crippen LogP contribution in [0, 0.1) is 11.3 Å². The van der Waals surface area contributed by atoms with Gasteiger partial charge in [-0.3, -0.25) is 0 Å². The van der Waals surface area contributed by atoms with Crippen LogP contribution in [0.5, 0.6) is 5.75 Å². The van der Waals surface area contributed by atoms with Crippen molar-refractivity contribution in [2.75, 3.05) is 6.61 Å². The van der Waals surface area contributed by atoms with Crippen molar-refractivity contribution in [2.45, 2.75) is 125 Å². The van der Waals surface area contributed by atoms with E-state index in [0.717, 1.165) is 56.3 Å². The van der Waals surface area contributed by atoms with Crippen LogP contribution in [0.3, 0.4) is 0 Å². The summed E-state index contributed by atoms with van der Waals surface area (Å²) in [5.41, 5.74) is 10.2. The van der Waals surface area contributed by atoms with Gasteiger partial charge in [-0.2, -0.15) is 0 Å². The number of hydrogen-bond acceptors (Lipinski definition) is 1. The Bertz CT molecular complexity index is 1180. The fourth-order valence-corrected chi connectivity index (χ4v) is 6.99. The molecule has 1 aliphatic carbocycles. The fraction of sp³-hybridized carbons (Fsp3) is 0.550. The molecule has 0 N–H and O–H groups in total. The van der Waals surface area contributed by atoms with Crippen molar-refractivity contribution < 1.29 is 4.74 Å². The van der Waals surface area contributed by atoms with Gasteiger partial charge in [-0.1, -0.05) is 122 Å². The van der Waals surface area contributed by atoms with Gasteiger partial charge >= 0.3 is 0 Å². The molecule has 4 rings (SSSR count). The Hall–Kier alpha value is -2.54. The minimum absolute atomic E-state index is 0.416. The summed E-state index contributed by atoms with van der Waals surface area (Å²) in [6, 6.07) is 23.6. The van der Waals surface area contributed by atoms with Crippen molar-refractivity contribution in [3.8, 4) is 16.9 Å². The third-order valence-electron chi connectivity index (χ3n) is 10.6. The summed E-state index contributed by atoms with van der Waals surface area (Å²) >= 11 is 0. The van der Waals surface area contributed by atoms with Gasteiger partial charge in [0.1, 0.15) is 5.75 Å². The minimum Gasteiger partial charge on any atom is -0.493 e. The first-order valence-corrected chi connectivity index (χ1v) is 16.9. The molecule has 1 heteroatoms. The molecule has 3 aromatic carbocycles. The molecule has 1 fully saturated rings. The van der Waals surface area contributed by atoms with Gasteiger partial charge in [0.15, 0.2) is 0 Å². The second-order valence-electron chi connectivity index (χ2n) is 12.9. The smallest absolute Gasteiger partial charge is 0.122 e. The number of aryl methyl sites for hydroxylation is 4. The molecule has 0 amide bonds. The van der Waals surface area contributed by atoms with Crippen LogP contribution >= 0.6 is 0 Å². The first-order valence-electron chi connectivity index (χ1n) is 16.9. The van der Waals surface area contributed by atoms with Crippen molar-refractivity contribution in [3.05, 3.63) is 88.5 Å². The highest BCUT2D eigenvalue weighted by molar-refractivity contribution is 5.70. The van der Waals surface area contributed by atoms with Crippen molar-refractivity contribution >= 4 is 0 Å². The van der Waals surface area contributed by atoms with Crippen LogP contribution in [0.4, 0.5) is 0 Å². The molecule has 0 unspecified atom stereocenters. The minimum atomic E-state index is 0.416. The highest BCUT2D eigenvalue weighted by Crippen LogP contribution is 2.37. The van der Waals surface area contributed by atoms with Gasteiger partial charge in [0.2, 0.25) is 0 Å². The average Bonchev–Trinajstić information content (AvgIpc) is 3.03. The molecule has 0 bridgehead atoms. The summed E-state index contributed by atoms with van der Waals surface area (Å²) in [6.45, 7) is 14.7. The predicted octanol–water partition coefficient (Wildman–Crippen LogP) is 11.5. The molecule has 0 saturated heterocycles. The standard InChI is InChI=1S/C40H56O/c1-7-33-29-39(41-27-26-40(9-3,10-4)11-5)34(8-2)28-38(33)37-24-18-32(19-25-37)15-14-31-16-22-36(23-17-31)35-20-12-30(6)13-21-35/h16-19,22-25,28-30,35H,7-15,20-21,26-27H2,1-6H3. The van der Waals surface area contributed by atoms with Crippen LogP contribution in [-0.2, 0) is 25.7 Å². The van der Waals surface area contributed by atoms with E-state index in [1.54, 1.807) is 5.56 Å². The maximum Gasteiger partial charge on any atom is 0.122 e. The normalized spacial score (nSPS) is 17.5. The lowest BCUT2D eigenvalue weighted by molar-refractivity contribution is 0.173. The number of ether oxygens (including phenoxy) is 1. The lowest BCUT2D eigenvalue weighted by Gasteiger charge is -2.30. The summed E-state index contributed by atoms with van der Waals surface area (Å²) in [5.74, 6) is 2.78. The molecule has 0 spiro atoms. The fourth-order valence-electron chi connectivity index (χ4n) is 6.99. The van der Waals surface area contributed by atoms with Gasteiger partial charge in [0.05, 0.1) is 6.61 Å². The Morgan fingerprint density at radius 1 is 0.683 bits per heavy atom. The highest BCUT2D eigenvalue weighted by atomic mass is 16.5. The predicted molar refractivity (Wildman–Crippen MR) is 178 cm³/mol. The maximum atomic E-state index is 6.46. The van der Waals surface area contributed by atoms with Gasteiger partial charge < -0.3 is 4.74 Å². The van der Waals surface area contributed by atoms with Gasteiger partial charge in [-0.05, 0) is 113 Å². The Kier molecular flexibility index (Phi) is 11.5. The molecule has 41 heavy (non-hydrogen) atoms. The largest absolute Gasteiger partial charge is 0.493 e. The van der Waals surface area contributed by atoms with Crippen LogP contribution in [0.15, 0.2) is 60.7 Å². The van der Waals surface area contributed by atoms with Crippen LogP contribution in [0.25, 0.3) is 11.1 Å². The molecule has 0 atom stereocenters. The third-order valence-corrected chi connectivity index (χ3v) is 10.6. The van der Waals surface area contributed by atoms with Crippen molar-refractivity contribution in [3.63, 3.8) is 0 Å². The monoisotopic (exact) mass is 552 g/mol. The van der Waals surface area contributed by atoms with E-state index in [9.17, 15) is 0 Å². The molecule has 1 nitrogen and oxygen atoms in total. The van der Waals surface area contributed by atoms with E-state index in [-0.39, 0.29) is 0 Å². The number of hydrogen-bond donors (Lipinski definition) is 0. The van der Waals surface area contributed by atoms with Crippen LogP contribution in [-0.4, -0.2) is 6.61 Å². The lowest BCUT2D eigenvalue weighted by atomic mass is 9.77. The third kappa shape index (κ3) is 8.06. The molecule has 0 aromatic heterocycles. The molecule has 3 aromatic rings. The second-order valence-corrected chi connectivity index (χ2v) is 12.9. The Labute approximate surface area is 252 Å². The van der Waals surface area contributed by atoms with E-state index in [0.29, 0.717) is 5.41 Å². The van der Waals surface area contributed by atoms with Crippen molar-refractivity contribution in [1.82, 2.24) is 0 Å². The molecule has 0 heterocycles. The quantitative estimate of drug-likeness (QED) is 0.193. The van der Waals surface area contributed by atoms with Crippen LogP contribution in [0.1, 0.15) is 127 Å². The van der Waals surface area contributed by atoms with Gasteiger partial charge in [-0.25, -0.2) is 0 Å². The number of rotatable bonds is 14. The highest BCUT2D eigenvalue weighted by Gasteiger charge is 2.24. The first-order chi connectivity index (χ1) is 19.9. The van der Waals surface area contributed by atoms with E-state index < -0.39 is 0 Å². The lowest BCUT2D eigenvalue weighted by Crippen LogP contribution is -2.21. The maximum absolute atomic E-state index is 6.46. The Morgan fingerprint density at radius 2 is 1.24 bits per heavy atom. The number of benzene rings is 3. The van der Waals surface area contributed by atoms with Crippen LogP contribution in [0.2, 0.25) is 0 Å². The second kappa shape index (κ2) is 15.1. The molecule has 1 aliphatic rings. The average molecular weight is 553 g/mol. The van der Waals surface area contributed by atoms with E-state index in [1.165, 1.54) is 78.3 Å². The Balaban J connectivity index is 1.39. The SMILES string of the molecule is CCc1cc(-c2ccc(CCc3ccc(C4CCC(C)CC4)cc3)cc2)c(CC)cc1OCCC(CC)(CC)CC. The molecule has 222 valence electrons. The zero-order chi connectivity index (χ0) is 29.2. The summed E-state index contributed by atoms with van der Waals surface area (Å²) in [4.78, 5) is 0. The molecular weight excluding hydrogens is 496 g/mol. The van der Waals surface area contributed by atoms with Crippen LogP contribution < -0.4 is 4.74 Å². The van der Waals surface area contributed by atoms with Crippen molar-refractivity contribution in [2.24, 2.45) is 11.3 Å². The Morgan fingerprint density at radius 3 is 1.78 bits per heavy atom.